The zero-order chi connectivity index (χ0) is 20.3. The van der Waals surface area contributed by atoms with Crippen LogP contribution in [0.5, 0.6) is 11.5 Å². The zero-order valence-electron chi connectivity index (χ0n) is 15.9. The molecule has 0 spiro atoms. The summed E-state index contributed by atoms with van der Waals surface area (Å²) < 4.78 is 12.0. The minimum absolute atomic E-state index is 0.0241. The van der Waals surface area contributed by atoms with Crippen molar-refractivity contribution in [1.29, 1.82) is 0 Å². The molecule has 2 aromatic rings. The lowest BCUT2D eigenvalue weighted by Gasteiger charge is -2.17. The number of amides is 2. The molecule has 6 nitrogen and oxygen atoms in total. The lowest BCUT2D eigenvalue weighted by atomic mass is 10.1. The SMILES string of the molecule is CCC(C)Oc1c(Br)cc(C=C2C(=O)NN(c3ccccc3)C2=O)cc1OC. The Hall–Kier alpha value is -2.80. The Kier molecular flexibility index (Phi) is 6.04. The molecular weight excluding hydrogens is 424 g/mol. The summed E-state index contributed by atoms with van der Waals surface area (Å²) >= 11 is 3.49. The molecule has 2 aromatic carbocycles. The summed E-state index contributed by atoms with van der Waals surface area (Å²) in [5.74, 6) is 0.245. The van der Waals surface area contributed by atoms with Gasteiger partial charge in [-0.2, -0.15) is 0 Å². The predicted molar refractivity (Wildman–Crippen MR) is 111 cm³/mol. The van der Waals surface area contributed by atoms with Crippen molar-refractivity contribution in [3.05, 3.63) is 58.1 Å². The van der Waals surface area contributed by atoms with Crippen LogP contribution >= 0.6 is 15.9 Å². The number of rotatable bonds is 6. The molecule has 0 aliphatic carbocycles. The van der Waals surface area contributed by atoms with Crippen LogP contribution in [-0.4, -0.2) is 25.0 Å². The lowest BCUT2D eigenvalue weighted by molar-refractivity contribution is -0.117. The molecule has 1 saturated heterocycles. The van der Waals surface area contributed by atoms with E-state index in [1.807, 2.05) is 19.9 Å². The summed E-state index contributed by atoms with van der Waals surface area (Å²) in [6, 6.07) is 12.5. The first-order valence-electron chi connectivity index (χ1n) is 8.91. The molecule has 28 heavy (non-hydrogen) atoms. The molecule has 1 aliphatic rings. The van der Waals surface area contributed by atoms with Crippen LogP contribution in [0.4, 0.5) is 5.69 Å². The van der Waals surface area contributed by atoms with Gasteiger partial charge in [0, 0.05) is 0 Å². The van der Waals surface area contributed by atoms with E-state index >= 15 is 0 Å². The van der Waals surface area contributed by atoms with Gasteiger partial charge in [0.2, 0.25) is 0 Å². The number of halogens is 1. The average molecular weight is 445 g/mol. The van der Waals surface area contributed by atoms with E-state index in [0.717, 1.165) is 6.42 Å². The Bertz CT molecular complexity index is 928. The highest BCUT2D eigenvalue weighted by atomic mass is 79.9. The molecule has 1 heterocycles. The summed E-state index contributed by atoms with van der Waals surface area (Å²) in [4.78, 5) is 25.1. The maximum Gasteiger partial charge on any atom is 0.282 e. The van der Waals surface area contributed by atoms with E-state index in [2.05, 4.69) is 21.4 Å². The molecule has 1 N–H and O–H groups in total. The molecule has 7 heteroatoms. The number of nitrogens with zero attached hydrogens (tertiary/aromatic N) is 1. The molecule has 0 saturated carbocycles. The number of hydrogen-bond donors (Lipinski definition) is 1. The summed E-state index contributed by atoms with van der Waals surface area (Å²) in [6.07, 6.45) is 2.42. The Labute approximate surface area is 172 Å². The molecule has 0 aromatic heterocycles. The molecule has 0 radical (unpaired) electrons. The van der Waals surface area contributed by atoms with E-state index in [9.17, 15) is 9.59 Å². The second-order valence-corrected chi connectivity index (χ2v) is 7.20. The topological polar surface area (TPSA) is 67.9 Å². The van der Waals surface area contributed by atoms with E-state index in [0.29, 0.717) is 27.2 Å². The third kappa shape index (κ3) is 4.04. The Morgan fingerprint density at radius 2 is 1.93 bits per heavy atom. The number of nitrogens with one attached hydrogen (secondary N) is 1. The molecular formula is C21H21BrN2O4. The number of anilines is 1. The van der Waals surface area contributed by atoms with E-state index < -0.39 is 11.8 Å². The standard InChI is InChI=1S/C21H21BrN2O4/c1-4-13(2)28-19-17(22)11-14(12-18(19)27-3)10-16-20(25)23-24(21(16)26)15-8-6-5-7-9-15/h5-13H,4H2,1-3H3,(H,23,25). The first-order chi connectivity index (χ1) is 13.4. The van der Waals surface area contributed by atoms with Gasteiger partial charge < -0.3 is 9.47 Å². The van der Waals surface area contributed by atoms with Gasteiger partial charge in [-0.1, -0.05) is 25.1 Å². The van der Waals surface area contributed by atoms with E-state index in [-0.39, 0.29) is 11.7 Å². The van der Waals surface area contributed by atoms with E-state index in [4.69, 9.17) is 9.47 Å². The first-order valence-corrected chi connectivity index (χ1v) is 9.70. The third-order valence-corrected chi connectivity index (χ3v) is 4.95. The number of carbonyl (C=O) groups is 2. The van der Waals surface area contributed by atoms with Crippen molar-refractivity contribution in [2.45, 2.75) is 26.4 Å². The molecule has 3 rings (SSSR count). The van der Waals surface area contributed by atoms with Crippen molar-refractivity contribution in [2.75, 3.05) is 12.1 Å². The van der Waals surface area contributed by atoms with Crippen LogP contribution in [0.25, 0.3) is 6.08 Å². The van der Waals surface area contributed by atoms with Gasteiger partial charge in [0.15, 0.2) is 11.5 Å². The normalized spacial score (nSPS) is 16.3. The Morgan fingerprint density at radius 1 is 1.21 bits per heavy atom. The first kappa shape index (κ1) is 19.9. The van der Waals surface area contributed by atoms with E-state index in [1.165, 1.54) is 5.01 Å². The zero-order valence-corrected chi connectivity index (χ0v) is 17.4. The van der Waals surface area contributed by atoms with Gasteiger partial charge in [-0.05, 0) is 65.2 Å². The third-order valence-electron chi connectivity index (χ3n) is 4.36. The average Bonchev–Trinajstić information content (AvgIpc) is 2.98. The van der Waals surface area contributed by atoms with Crippen LogP contribution in [0.2, 0.25) is 0 Å². The molecule has 146 valence electrons. The highest BCUT2D eigenvalue weighted by Crippen LogP contribution is 2.38. The lowest BCUT2D eigenvalue weighted by Crippen LogP contribution is -2.35. The van der Waals surface area contributed by atoms with Gasteiger partial charge in [0.05, 0.1) is 23.4 Å². The summed E-state index contributed by atoms with van der Waals surface area (Å²) in [6.45, 7) is 4.01. The van der Waals surface area contributed by atoms with Crippen molar-refractivity contribution in [3.63, 3.8) is 0 Å². The van der Waals surface area contributed by atoms with Gasteiger partial charge in [-0.3, -0.25) is 15.0 Å². The monoisotopic (exact) mass is 444 g/mol. The fourth-order valence-corrected chi connectivity index (χ4v) is 3.26. The summed E-state index contributed by atoms with van der Waals surface area (Å²) in [5, 5.41) is 1.24. The van der Waals surface area contributed by atoms with Gasteiger partial charge in [-0.25, -0.2) is 5.01 Å². The number of benzene rings is 2. The van der Waals surface area contributed by atoms with Crippen LogP contribution in [0.1, 0.15) is 25.8 Å². The van der Waals surface area contributed by atoms with Crippen LogP contribution in [-0.2, 0) is 9.59 Å². The van der Waals surface area contributed by atoms with Gasteiger partial charge in [0.25, 0.3) is 11.8 Å². The van der Waals surface area contributed by atoms with Crippen molar-refractivity contribution in [3.8, 4) is 11.5 Å². The minimum Gasteiger partial charge on any atom is -0.493 e. The number of carbonyl (C=O) groups excluding carboxylic acids is 2. The molecule has 2 amide bonds. The number of para-hydroxylation sites is 1. The fourth-order valence-electron chi connectivity index (χ4n) is 2.70. The van der Waals surface area contributed by atoms with Crippen LogP contribution in [0, 0.1) is 0 Å². The maximum absolute atomic E-state index is 12.7. The predicted octanol–water partition coefficient (Wildman–Crippen LogP) is 4.10. The van der Waals surface area contributed by atoms with E-state index in [1.54, 1.807) is 49.6 Å². The largest absolute Gasteiger partial charge is 0.493 e. The molecule has 1 unspecified atom stereocenters. The number of ether oxygens (including phenoxy) is 2. The van der Waals surface area contributed by atoms with Crippen molar-refractivity contribution < 1.29 is 19.1 Å². The van der Waals surface area contributed by atoms with Crippen LogP contribution < -0.4 is 19.9 Å². The molecule has 1 fully saturated rings. The van der Waals surface area contributed by atoms with Gasteiger partial charge >= 0.3 is 0 Å². The van der Waals surface area contributed by atoms with Crippen molar-refractivity contribution in [1.82, 2.24) is 5.43 Å². The quantitative estimate of drug-likeness (QED) is 0.537. The molecule has 1 aliphatic heterocycles. The summed E-state index contributed by atoms with van der Waals surface area (Å²) in [7, 11) is 1.55. The second kappa shape index (κ2) is 8.48. The second-order valence-electron chi connectivity index (χ2n) is 6.35. The maximum atomic E-state index is 12.7. The number of hydrogen-bond acceptors (Lipinski definition) is 4. The smallest absolute Gasteiger partial charge is 0.282 e. The van der Waals surface area contributed by atoms with Crippen LogP contribution in [0.15, 0.2) is 52.5 Å². The fraction of sp³-hybridized carbons (Fsp3) is 0.238. The highest BCUT2D eigenvalue weighted by molar-refractivity contribution is 9.10. The van der Waals surface area contributed by atoms with Gasteiger partial charge in [-0.15, -0.1) is 0 Å². The Morgan fingerprint density at radius 3 is 2.57 bits per heavy atom. The molecule has 1 atom stereocenters. The summed E-state index contributed by atoms with van der Waals surface area (Å²) in [5.41, 5.74) is 3.88. The number of methoxy groups -OCH3 is 1. The van der Waals surface area contributed by atoms with Crippen LogP contribution in [0.3, 0.4) is 0 Å². The van der Waals surface area contributed by atoms with Crippen molar-refractivity contribution >= 4 is 39.5 Å². The van der Waals surface area contributed by atoms with Gasteiger partial charge in [0.1, 0.15) is 5.57 Å². The Balaban J connectivity index is 1.93. The van der Waals surface area contributed by atoms with Crippen molar-refractivity contribution in [2.24, 2.45) is 0 Å². The minimum atomic E-state index is -0.455. The highest BCUT2D eigenvalue weighted by Gasteiger charge is 2.34. The molecule has 0 bridgehead atoms. The number of hydrazine groups is 1.